The van der Waals surface area contributed by atoms with E-state index in [9.17, 15) is 0 Å². The van der Waals surface area contributed by atoms with Crippen molar-refractivity contribution in [3.8, 4) is 0 Å². The minimum Gasteiger partial charge on any atom is -0.365 e. The van der Waals surface area contributed by atoms with Gasteiger partial charge in [0.25, 0.3) is 0 Å². The van der Waals surface area contributed by atoms with Crippen LogP contribution in [0.4, 0.5) is 5.82 Å². The van der Waals surface area contributed by atoms with E-state index in [2.05, 4.69) is 15.3 Å². The van der Waals surface area contributed by atoms with E-state index in [-0.39, 0.29) is 0 Å². The lowest BCUT2D eigenvalue weighted by atomic mass is 10.2. The average molecular weight is 304 g/mol. The Morgan fingerprint density at radius 3 is 2.70 bits per heavy atom. The molecule has 0 bridgehead atoms. The molecule has 3 nitrogen and oxygen atoms in total. The number of para-hydroxylation sites is 1. The Kier molecular flexibility index (Phi) is 3.72. The third-order valence-electron chi connectivity index (χ3n) is 3.00. The fourth-order valence-electron chi connectivity index (χ4n) is 1.99. The standard InChI is InChI=1S/C15H11Cl2N3/c16-11-6-5-10(13(17)7-11)8-18-15-12-3-1-2-4-14(12)19-9-20-15/h1-7,9H,8H2,(H,18,19,20). The average Bonchev–Trinajstić information content (AvgIpc) is 2.46. The summed E-state index contributed by atoms with van der Waals surface area (Å²) in [4.78, 5) is 8.51. The zero-order valence-electron chi connectivity index (χ0n) is 10.5. The minimum absolute atomic E-state index is 0.580. The molecule has 0 fully saturated rings. The number of fused-ring (bicyclic) bond motifs is 1. The van der Waals surface area contributed by atoms with Gasteiger partial charge in [0.15, 0.2) is 0 Å². The number of rotatable bonds is 3. The second kappa shape index (κ2) is 5.65. The third kappa shape index (κ3) is 2.69. The largest absolute Gasteiger partial charge is 0.365 e. The Labute approximate surface area is 126 Å². The fourth-order valence-corrected chi connectivity index (χ4v) is 2.46. The molecule has 0 saturated carbocycles. The molecule has 3 rings (SSSR count). The van der Waals surface area contributed by atoms with Crippen molar-refractivity contribution in [2.24, 2.45) is 0 Å². The summed E-state index contributed by atoms with van der Waals surface area (Å²) in [5.74, 6) is 0.793. The molecule has 0 aliphatic heterocycles. The van der Waals surface area contributed by atoms with Gasteiger partial charge in [0.1, 0.15) is 12.1 Å². The molecular formula is C15H11Cl2N3. The van der Waals surface area contributed by atoms with Crippen LogP contribution in [-0.4, -0.2) is 9.97 Å². The number of aromatic nitrogens is 2. The zero-order chi connectivity index (χ0) is 13.9. The van der Waals surface area contributed by atoms with Gasteiger partial charge >= 0.3 is 0 Å². The first-order valence-electron chi connectivity index (χ1n) is 6.11. The summed E-state index contributed by atoms with van der Waals surface area (Å²) in [6.07, 6.45) is 1.55. The first-order chi connectivity index (χ1) is 9.74. The first-order valence-corrected chi connectivity index (χ1v) is 6.87. The van der Waals surface area contributed by atoms with Gasteiger partial charge < -0.3 is 5.32 Å². The van der Waals surface area contributed by atoms with Crippen LogP contribution in [0.15, 0.2) is 48.8 Å². The van der Waals surface area contributed by atoms with Crippen LogP contribution in [0.25, 0.3) is 10.9 Å². The maximum atomic E-state index is 6.16. The van der Waals surface area contributed by atoms with Crippen molar-refractivity contribution in [3.05, 3.63) is 64.4 Å². The van der Waals surface area contributed by atoms with Gasteiger partial charge in [-0.15, -0.1) is 0 Å². The lowest BCUT2D eigenvalue weighted by Gasteiger charge is -2.09. The summed E-state index contributed by atoms with van der Waals surface area (Å²) in [7, 11) is 0. The monoisotopic (exact) mass is 303 g/mol. The second-order valence-electron chi connectivity index (χ2n) is 4.33. The summed E-state index contributed by atoms with van der Waals surface area (Å²) in [5.41, 5.74) is 1.88. The van der Waals surface area contributed by atoms with E-state index in [1.165, 1.54) is 0 Å². The van der Waals surface area contributed by atoms with E-state index in [4.69, 9.17) is 23.2 Å². The number of benzene rings is 2. The van der Waals surface area contributed by atoms with Gasteiger partial charge in [-0.05, 0) is 29.8 Å². The number of hydrogen-bond donors (Lipinski definition) is 1. The molecule has 0 amide bonds. The summed E-state index contributed by atoms with van der Waals surface area (Å²) in [6, 6.07) is 13.3. The highest BCUT2D eigenvalue weighted by atomic mass is 35.5. The lowest BCUT2D eigenvalue weighted by molar-refractivity contribution is 1.10. The quantitative estimate of drug-likeness (QED) is 0.771. The normalized spacial score (nSPS) is 10.7. The van der Waals surface area contributed by atoms with Crippen molar-refractivity contribution in [1.82, 2.24) is 9.97 Å². The summed E-state index contributed by atoms with van der Waals surface area (Å²) < 4.78 is 0. The van der Waals surface area contributed by atoms with Gasteiger partial charge in [-0.1, -0.05) is 41.4 Å². The van der Waals surface area contributed by atoms with E-state index < -0.39 is 0 Å². The van der Waals surface area contributed by atoms with Gasteiger partial charge in [-0.2, -0.15) is 0 Å². The molecule has 0 saturated heterocycles. The van der Waals surface area contributed by atoms with Gasteiger partial charge in [0.05, 0.1) is 5.52 Å². The SMILES string of the molecule is Clc1ccc(CNc2ncnc3ccccc23)c(Cl)c1. The van der Waals surface area contributed by atoms with E-state index in [0.717, 1.165) is 22.3 Å². The van der Waals surface area contributed by atoms with Crippen LogP contribution in [0.5, 0.6) is 0 Å². The van der Waals surface area contributed by atoms with E-state index in [1.807, 2.05) is 36.4 Å². The molecule has 100 valence electrons. The van der Waals surface area contributed by atoms with Crippen molar-refractivity contribution in [1.29, 1.82) is 0 Å². The smallest absolute Gasteiger partial charge is 0.137 e. The summed E-state index contributed by atoms with van der Waals surface area (Å²) >= 11 is 12.0. The predicted molar refractivity (Wildman–Crippen MR) is 83.3 cm³/mol. The molecule has 2 aromatic carbocycles. The highest BCUT2D eigenvalue weighted by molar-refractivity contribution is 6.35. The van der Waals surface area contributed by atoms with Crippen molar-refractivity contribution in [2.45, 2.75) is 6.54 Å². The Balaban J connectivity index is 1.87. The van der Waals surface area contributed by atoms with Gasteiger partial charge in [-0.25, -0.2) is 9.97 Å². The molecule has 5 heteroatoms. The highest BCUT2D eigenvalue weighted by Gasteiger charge is 2.05. The maximum Gasteiger partial charge on any atom is 0.137 e. The predicted octanol–water partition coefficient (Wildman–Crippen LogP) is 4.55. The van der Waals surface area contributed by atoms with Crippen LogP contribution >= 0.6 is 23.2 Å². The van der Waals surface area contributed by atoms with Crippen LogP contribution in [0, 0.1) is 0 Å². The molecular weight excluding hydrogens is 293 g/mol. The van der Waals surface area contributed by atoms with Crippen molar-refractivity contribution in [2.75, 3.05) is 5.32 Å². The molecule has 1 heterocycles. The third-order valence-corrected chi connectivity index (χ3v) is 3.59. The molecule has 0 spiro atoms. The number of nitrogens with one attached hydrogen (secondary N) is 1. The van der Waals surface area contributed by atoms with Crippen molar-refractivity contribution in [3.63, 3.8) is 0 Å². The van der Waals surface area contributed by atoms with Crippen LogP contribution < -0.4 is 5.32 Å². The molecule has 1 N–H and O–H groups in total. The van der Waals surface area contributed by atoms with Crippen LogP contribution in [0.3, 0.4) is 0 Å². The van der Waals surface area contributed by atoms with Crippen LogP contribution in [0.2, 0.25) is 10.0 Å². The number of hydrogen-bond acceptors (Lipinski definition) is 3. The highest BCUT2D eigenvalue weighted by Crippen LogP contribution is 2.23. The second-order valence-corrected chi connectivity index (χ2v) is 5.17. The number of anilines is 1. The zero-order valence-corrected chi connectivity index (χ0v) is 12.0. The van der Waals surface area contributed by atoms with Crippen LogP contribution in [0.1, 0.15) is 5.56 Å². The molecule has 1 aromatic heterocycles. The van der Waals surface area contributed by atoms with E-state index >= 15 is 0 Å². The molecule has 3 aromatic rings. The van der Waals surface area contributed by atoms with E-state index in [0.29, 0.717) is 16.6 Å². The van der Waals surface area contributed by atoms with Gasteiger partial charge in [0, 0.05) is 22.0 Å². The number of halogens is 2. The van der Waals surface area contributed by atoms with Crippen molar-refractivity contribution < 1.29 is 0 Å². The molecule has 0 radical (unpaired) electrons. The van der Waals surface area contributed by atoms with Gasteiger partial charge in [-0.3, -0.25) is 0 Å². The fraction of sp³-hybridized carbons (Fsp3) is 0.0667. The molecule has 0 aliphatic carbocycles. The molecule has 0 aliphatic rings. The van der Waals surface area contributed by atoms with Gasteiger partial charge in [0.2, 0.25) is 0 Å². The molecule has 20 heavy (non-hydrogen) atoms. The Morgan fingerprint density at radius 1 is 1.00 bits per heavy atom. The Hall–Kier alpha value is -1.84. The Morgan fingerprint density at radius 2 is 1.85 bits per heavy atom. The van der Waals surface area contributed by atoms with E-state index in [1.54, 1.807) is 12.4 Å². The topological polar surface area (TPSA) is 37.8 Å². The summed E-state index contributed by atoms with van der Waals surface area (Å²) in [5, 5.41) is 5.54. The van der Waals surface area contributed by atoms with Crippen molar-refractivity contribution >= 4 is 39.9 Å². The lowest BCUT2D eigenvalue weighted by Crippen LogP contribution is -2.03. The van der Waals surface area contributed by atoms with Crippen LogP contribution in [-0.2, 0) is 6.54 Å². The molecule has 0 atom stereocenters. The summed E-state index contributed by atoms with van der Waals surface area (Å²) in [6.45, 7) is 0.580. The first kappa shape index (κ1) is 13.2. The Bertz CT molecular complexity index is 754. The maximum absolute atomic E-state index is 6.16. The number of nitrogens with zero attached hydrogens (tertiary/aromatic N) is 2. The minimum atomic E-state index is 0.580. The molecule has 0 unspecified atom stereocenters.